The van der Waals surface area contributed by atoms with Gasteiger partial charge in [0.25, 0.3) is 0 Å². The Labute approximate surface area is 465 Å². The first-order valence-corrected chi connectivity index (χ1v) is 29.5. The highest BCUT2D eigenvalue weighted by Crippen LogP contribution is 2.37. The van der Waals surface area contributed by atoms with Gasteiger partial charge >= 0.3 is 35.8 Å². The molecule has 8 rings (SSSR count). The Morgan fingerprint density at radius 2 is 0.810 bits per heavy atom. The quantitative estimate of drug-likeness (QED) is 0.0318. The number of ether oxygens (including phenoxy) is 6. The molecule has 79 heavy (non-hydrogen) atoms. The number of rotatable bonds is 22. The molecule has 0 N–H and O–H groups in total. The van der Waals surface area contributed by atoms with Crippen molar-refractivity contribution in [3.63, 3.8) is 0 Å². The van der Waals surface area contributed by atoms with Crippen LogP contribution in [0.1, 0.15) is 200 Å². The van der Waals surface area contributed by atoms with Crippen LogP contribution >= 0.6 is 0 Å². The maximum atomic E-state index is 13.7. The van der Waals surface area contributed by atoms with Gasteiger partial charge in [0.15, 0.2) is 0 Å². The normalized spacial score (nSPS) is 23.2. The number of carbonyl (C=O) groups is 6. The lowest BCUT2D eigenvalue weighted by Crippen LogP contribution is -2.30. The molecular formula is C66H79FO12. The monoisotopic (exact) mass is 1080 g/mol. The zero-order chi connectivity index (χ0) is 55.5. The van der Waals surface area contributed by atoms with Crippen LogP contribution in [0.4, 0.5) is 4.39 Å². The Morgan fingerprint density at radius 1 is 0.430 bits per heavy atom. The zero-order valence-corrected chi connectivity index (χ0v) is 46.2. The molecule has 13 heteroatoms. The standard InChI is InChI=1S/C66H79FO12/c1-3-5-7-9-44-11-18-47(19-12-44)61(68)74-55-33-23-49(24-34-55)63(70)76-57-37-27-51(28-38-57)65(72)78-59-41-42-60(53(43-59)22-15-46-16-31-54(67)32-17-46)79-66(73)52-29-39-58(40-30-52)77-64(71)50-25-35-56(36-26-50)75-62(69)48-20-13-45(14-21-48)10-8-6-4-2/h15-17,22-26,31-36,41-45,47-48,51-52,57-58H,3-14,18-21,27-30,37-40H2,1-2H3/b22-15+. The highest BCUT2D eigenvalue weighted by atomic mass is 19.1. The molecule has 4 aromatic carbocycles. The second-order valence-corrected chi connectivity index (χ2v) is 22.5. The number of halogens is 1. The SMILES string of the molecule is CCCCCC1CCC(C(=O)Oc2ccc(C(=O)OC3CCC(C(=O)Oc4ccc(OC(=O)C5CCC(OC(=O)c6ccc(OC(=O)C7CCC(CCCCC)CC7)cc6)CC5)c(/C=C/c5ccc(F)cc5)c4)CC3)cc2)CC1. The molecule has 0 aliphatic heterocycles. The molecule has 4 saturated carbocycles. The first kappa shape index (κ1) is 58.5. The number of benzene rings is 4. The Hall–Kier alpha value is -6.63. The summed E-state index contributed by atoms with van der Waals surface area (Å²) >= 11 is 0. The van der Waals surface area contributed by atoms with E-state index in [1.165, 1.54) is 63.5 Å². The summed E-state index contributed by atoms with van der Waals surface area (Å²) in [5.41, 5.74) is 1.85. The third-order valence-electron chi connectivity index (χ3n) is 16.7. The van der Waals surface area contributed by atoms with Gasteiger partial charge in [-0.25, -0.2) is 14.0 Å². The summed E-state index contributed by atoms with van der Waals surface area (Å²) in [6.45, 7) is 4.42. The van der Waals surface area contributed by atoms with Crippen LogP contribution in [0.5, 0.6) is 23.0 Å². The molecule has 0 bridgehead atoms. The van der Waals surface area contributed by atoms with E-state index in [4.69, 9.17) is 28.4 Å². The third-order valence-corrected chi connectivity index (χ3v) is 16.7. The Kier molecular flexibility index (Phi) is 21.9. The number of hydrogen-bond donors (Lipinski definition) is 0. The fraction of sp³-hybridized carbons (Fsp3) is 0.515. The lowest BCUT2D eigenvalue weighted by molar-refractivity contribution is -0.141. The largest absolute Gasteiger partial charge is 0.459 e. The van der Waals surface area contributed by atoms with Gasteiger partial charge < -0.3 is 28.4 Å². The van der Waals surface area contributed by atoms with Crippen LogP contribution in [0.2, 0.25) is 0 Å². The van der Waals surface area contributed by atoms with E-state index in [2.05, 4.69) is 13.8 Å². The minimum Gasteiger partial charge on any atom is -0.459 e. The Morgan fingerprint density at radius 3 is 1.23 bits per heavy atom. The van der Waals surface area contributed by atoms with Crippen LogP contribution < -0.4 is 18.9 Å². The molecule has 0 atom stereocenters. The fourth-order valence-electron chi connectivity index (χ4n) is 11.7. The average Bonchev–Trinajstić information content (AvgIpc) is 3.47. The van der Waals surface area contributed by atoms with Crippen LogP contribution in [0.3, 0.4) is 0 Å². The van der Waals surface area contributed by atoms with Gasteiger partial charge in [0.2, 0.25) is 0 Å². The van der Waals surface area contributed by atoms with Gasteiger partial charge in [0.05, 0.1) is 34.8 Å². The highest BCUT2D eigenvalue weighted by molar-refractivity contribution is 5.90. The van der Waals surface area contributed by atoms with Gasteiger partial charge in [-0.2, -0.15) is 0 Å². The predicted octanol–water partition coefficient (Wildman–Crippen LogP) is 15.2. The van der Waals surface area contributed by atoms with Gasteiger partial charge in [0, 0.05) is 5.56 Å². The summed E-state index contributed by atoms with van der Waals surface area (Å²) in [6, 6.07) is 23.6. The molecule has 0 radical (unpaired) electrons. The summed E-state index contributed by atoms with van der Waals surface area (Å²) in [5, 5.41) is 0. The fourth-order valence-corrected chi connectivity index (χ4v) is 11.7. The summed E-state index contributed by atoms with van der Waals surface area (Å²) in [4.78, 5) is 79.3. The first-order valence-electron chi connectivity index (χ1n) is 29.5. The predicted molar refractivity (Wildman–Crippen MR) is 299 cm³/mol. The van der Waals surface area contributed by atoms with Crippen LogP contribution in [-0.4, -0.2) is 48.0 Å². The van der Waals surface area contributed by atoms with Crippen molar-refractivity contribution >= 4 is 48.0 Å². The lowest BCUT2D eigenvalue weighted by atomic mass is 9.80. The molecule has 4 aliphatic carbocycles. The molecule has 0 heterocycles. The van der Waals surface area contributed by atoms with E-state index in [9.17, 15) is 33.2 Å². The van der Waals surface area contributed by atoms with E-state index in [1.807, 2.05) is 0 Å². The van der Waals surface area contributed by atoms with Gasteiger partial charge in [-0.3, -0.25) is 19.2 Å². The van der Waals surface area contributed by atoms with E-state index in [0.717, 1.165) is 51.4 Å². The number of carbonyl (C=O) groups excluding carboxylic acids is 6. The van der Waals surface area contributed by atoms with Gasteiger partial charge in [-0.15, -0.1) is 0 Å². The lowest BCUT2D eigenvalue weighted by Gasteiger charge is -2.27. The Balaban J connectivity index is 0.774. The van der Waals surface area contributed by atoms with Crippen molar-refractivity contribution in [2.75, 3.05) is 0 Å². The minimum absolute atomic E-state index is 0.101. The highest BCUT2D eigenvalue weighted by Gasteiger charge is 2.33. The van der Waals surface area contributed by atoms with Gasteiger partial charge in [-0.1, -0.05) is 89.5 Å². The van der Waals surface area contributed by atoms with Crippen molar-refractivity contribution in [3.05, 3.63) is 119 Å². The molecule has 12 nitrogen and oxygen atoms in total. The number of unbranched alkanes of at least 4 members (excludes halogenated alkanes) is 4. The van der Waals surface area contributed by atoms with Crippen molar-refractivity contribution in [3.8, 4) is 23.0 Å². The second-order valence-electron chi connectivity index (χ2n) is 22.5. The van der Waals surface area contributed by atoms with Crippen LogP contribution in [0.25, 0.3) is 12.2 Å². The van der Waals surface area contributed by atoms with E-state index in [1.54, 1.807) is 91.0 Å². The Bertz CT molecular complexity index is 2660. The van der Waals surface area contributed by atoms with E-state index < -0.39 is 35.7 Å². The maximum absolute atomic E-state index is 13.7. The average molecular weight is 1080 g/mol. The van der Waals surface area contributed by atoms with Crippen molar-refractivity contribution < 1.29 is 61.6 Å². The van der Waals surface area contributed by atoms with Crippen LogP contribution in [0, 0.1) is 41.3 Å². The summed E-state index contributed by atoms with van der Waals surface area (Å²) < 4.78 is 48.7. The van der Waals surface area contributed by atoms with Crippen molar-refractivity contribution in [1.29, 1.82) is 0 Å². The molecule has 4 aliphatic rings. The molecule has 0 unspecified atom stereocenters. The summed E-state index contributed by atoms with van der Waals surface area (Å²) in [6.07, 6.45) is 23.9. The van der Waals surface area contributed by atoms with E-state index >= 15 is 0 Å². The first-order chi connectivity index (χ1) is 38.4. The topological polar surface area (TPSA) is 158 Å². The molecule has 4 fully saturated rings. The van der Waals surface area contributed by atoms with Gasteiger partial charge in [-0.05, 0) is 199 Å². The van der Waals surface area contributed by atoms with Crippen molar-refractivity contribution in [1.82, 2.24) is 0 Å². The molecule has 422 valence electrons. The van der Waals surface area contributed by atoms with Gasteiger partial charge in [0.1, 0.15) is 41.0 Å². The number of hydrogen-bond acceptors (Lipinski definition) is 12. The second kappa shape index (κ2) is 29.5. The zero-order valence-electron chi connectivity index (χ0n) is 46.2. The summed E-state index contributed by atoms with van der Waals surface area (Å²) in [5.74, 6) is -1.05. The maximum Gasteiger partial charge on any atom is 0.338 e. The minimum atomic E-state index is -0.488. The van der Waals surface area contributed by atoms with Crippen LogP contribution in [-0.2, 0) is 28.7 Å². The molecule has 0 spiro atoms. The molecule has 0 amide bonds. The number of esters is 6. The van der Waals surface area contributed by atoms with Crippen molar-refractivity contribution in [2.24, 2.45) is 35.5 Å². The van der Waals surface area contributed by atoms with E-state index in [0.29, 0.717) is 97.0 Å². The van der Waals surface area contributed by atoms with E-state index in [-0.39, 0.29) is 53.3 Å². The van der Waals surface area contributed by atoms with Crippen molar-refractivity contribution in [2.45, 2.75) is 180 Å². The smallest absolute Gasteiger partial charge is 0.338 e. The molecule has 0 aromatic heterocycles. The molecular weight excluding hydrogens is 1000 g/mol. The third kappa shape index (κ3) is 17.7. The molecule has 0 saturated heterocycles. The summed E-state index contributed by atoms with van der Waals surface area (Å²) in [7, 11) is 0. The molecule has 4 aromatic rings. The van der Waals surface area contributed by atoms with Crippen LogP contribution in [0.15, 0.2) is 91.0 Å².